The van der Waals surface area contributed by atoms with Gasteiger partial charge in [0.1, 0.15) is 18.2 Å². The second-order valence-corrected chi connectivity index (χ2v) is 7.76. The van der Waals surface area contributed by atoms with Crippen molar-refractivity contribution < 1.29 is 28.7 Å². The van der Waals surface area contributed by atoms with Gasteiger partial charge in [0.25, 0.3) is 5.24 Å². The van der Waals surface area contributed by atoms with Gasteiger partial charge in [0.15, 0.2) is 0 Å². The normalized spacial score (nSPS) is 14.3. The molecule has 0 rings (SSSR count). The van der Waals surface area contributed by atoms with Gasteiger partial charge in [0, 0.05) is 13.3 Å². The van der Waals surface area contributed by atoms with Crippen LogP contribution in [0.5, 0.6) is 0 Å². The third kappa shape index (κ3) is 10.2. The quantitative estimate of drug-likeness (QED) is 0.536. The molecule has 3 atom stereocenters. The molecule has 0 bridgehead atoms. The highest BCUT2D eigenvalue weighted by Gasteiger charge is 2.27. The standard InChI is InChI=1S/C18H32N2O6S/c1-10(2)14(20-18(24)27-7)16(22)25-9-8-12(5)26-17(23)15(11(3)4)19-13(6)21/h10-12,14-15H,8-9H2,1-7H3,(H,19,21)(H,20,24). The number of carbonyl (C=O) groups is 4. The number of thioether (sulfide) groups is 1. The first-order valence-corrected chi connectivity index (χ1v) is 10.2. The lowest BCUT2D eigenvalue weighted by molar-refractivity contribution is -0.155. The molecule has 156 valence electrons. The van der Waals surface area contributed by atoms with Gasteiger partial charge in [-0.2, -0.15) is 0 Å². The number of amides is 2. The van der Waals surface area contributed by atoms with E-state index < -0.39 is 30.1 Å². The summed E-state index contributed by atoms with van der Waals surface area (Å²) >= 11 is 0.987. The Morgan fingerprint density at radius 2 is 1.41 bits per heavy atom. The van der Waals surface area contributed by atoms with E-state index in [1.807, 2.05) is 27.7 Å². The molecule has 8 nitrogen and oxygen atoms in total. The first kappa shape index (κ1) is 25.2. The minimum atomic E-state index is -0.729. The van der Waals surface area contributed by atoms with Crippen LogP contribution in [-0.2, 0) is 23.9 Å². The van der Waals surface area contributed by atoms with Crippen molar-refractivity contribution in [3.63, 3.8) is 0 Å². The Bertz CT molecular complexity index is 524. The zero-order chi connectivity index (χ0) is 21.1. The molecule has 0 aliphatic rings. The molecule has 0 aromatic rings. The zero-order valence-electron chi connectivity index (χ0n) is 17.2. The maximum atomic E-state index is 12.2. The molecule has 3 unspecified atom stereocenters. The summed E-state index contributed by atoms with van der Waals surface area (Å²) in [6.07, 6.45) is 1.45. The largest absolute Gasteiger partial charge is 0.464 e. The number of hydrogen-bond acceptors (Lipinski definition) is 7. The molecule has 0 saturated heterocycles. The highest BCUT2D eigenvalue weighted by atomic mass is 32.2. The van der Waals surface area contributed by atoms with Gasteiger partial charge < -0.3 is 20.1 Å². The Hall–Kier alpha value is -1.77. The van der Waals surface area contributed by atoms with Crippen LogP contribution >= 0.6 is 11.8 Å². The molecular weight excluding hydrogens is 372 g/mol. The van der Waals surface area contributed by atoms with E-state index in [0.29, 0.717) is 6.42 Å². The highest BCUT2D eigenvalue weighted by molar-refractivity contribution is 8.12. The van der Waals surface area contributed by atoms with Crippen molar-refractivity contribution in [2.75, 3.05) is 12.9 Å². The van der Waals surface area contributed by atoms with Crippen molar-refractivity contribution in [1.29, 1.82) is 0 Å². The van der Waals surface area contributed by atoms with Crippen molar-refractivity contribution in [1.82, 2.24) is 10.6 Å². The number of nitrogens with one attached hydrogen (secondary N) is 2. The molecule has 0 spiro atoms. The lowest BCUT2D eigenvalue weighted by atomic mass is 10.0. The molecule has 0 aromatic carbocycles. The van der Waals surface area contributed by atoms with Crippen LogP contribution in [0.25, 0.3) is 0 Å². The molecule has 0 aromatic heterocycles. The van der Waals surface area contributed by atoms with Gasteiger partial charge in [-0.1, -0.05) is 39.5 Å². The number of hydrogen-bond donors (Lipinski definition) is 2. The Morgan fingerprint density at radius 3 is 1.85 bits per heavy atom. The van der Waals surface area contributed by atoms with Gasteiger partial charge in [0.05, 0.1) is 6.61 Å². The number of ether oxygens (including phenoxy) is 2. The summed E-state index contributed by atoms with van der Waals surface area (Å²) in [4.78, 5) is 47.0. The topological polar surface area (TPSA) is 111 Å². The maximum Gasteiger partial charge on any atom is 0.329 e. The Kier molecular flexibility index (Phi) is 11.8. The van der Waals surface area contributed by atoms with E-state index in [2.05, 4.69) is 10.6 Å². The minimum absolute atomic E-state index is 0.0537. The molecule has 9 heteroatoms. The fourth-order valence-corrected chi connectivity index (χ4v) is 2.39. The Balaban J connectivity index is 4.49. The highest BCUT2D eigenvalue weighted by Crippen LogP contribution is 2.10. The summed E-state index contributed by atoms with van der Waals surface area (Å²) in [5.74, 6) is -1.58. The molecule has 0 heterocycles. The molecule has 0 aliphatic carbocycles. The molecule has 27 heavy (non-hydrogen) atoms. The summed E-state index contributed by atoms with van der Waals surface area (Å²) in [5, 5.41) is 4.87. The van der Waals surface area contributed by atoms with Gasteiger partial charge >= 0.3 is 11.9 Å². The van der Waals surface area contributed by atoms with E-state index in [-0.39, 0.29) is 29.6 Å². The van der Waals surface area contributed by atoms with Gasteiger partial charge in [-0.05, 0) is 25.0 Å². The van der Waals surface area contributed by atoms with E-state index in [1.165, 1.54) is 6.92 Å². The maximum absolute atomic E-state index is 12.2. The van der Waals surface area contributed by atoms with Crippen molar-refractivity contribution in [2.45, 2.75) is 66.2 Å². The molecule has 0 fully saturated rings. The van der Waals surface area contributed by atoms with E-state index in [4.69, 9.17) is 9.47 Å². The molecule has 2 N–H and O–H groups in total. The van der Waals surface area contributed by atoms with Crippen LogP contribution in [-0.4, -0.2) is 54.1 Å². The lowest BCUT2D eigenvalue weighted by Gasteiger charge is -2.23. The van der Waals surface area contributed by atoms with Crippen molar-refractivity contribution >= 4 is 34.8 Å². The van der Waals surface area contributed by atoms with Crippen molar-refractivity contribution in [3.05, 3.63) is 0 Å². The fraction of sp³-hybridized carbons (Fsp3) is 0.778. The van der Waals surface area contributed by atoms with Gasteiger partial charge in [-0.15, -0.1) is 0 Å². The van der Waals surface area contributed by atoms with Crippen LogP contribution in [0.15, 0.2) is 0 Å². The van der Waals surface area contributed by atoms with E-state index in [9.17, 15) is 19.2 Å². The van der Waals surface area contributed by atoms with Crippen LogP contribution < -0.4 is 10.6 Å². The van der Waals surface area contributed by atoms with Crippen LogP contribution in [0.4, 0.5) is 4.79 Å². The first-order valence-electron chi connectivity index (χ1n) is 8.98. The minimum Gasteiger partial charge on any atom is -0.464 e. The number of carbonyl (C=O) groups excluding carboxylic acids is 4. The van der Waals surface area contributed by atoms with E-state index >= 15 is 0 Å². The van der Waals surface area contributed by atoms with Crippen LogP contribution in [0, 0.1) is 11.8 Å². The molecule has 0 radical (unpaired) electrons. The lowest BCUT2D eigenvalue weighted by Crippen LogP contribution is -2.45. The first-order chi connectivity index (χ1) is 12.5. The van der Waals surface area contributed by atoms with Crippen LogP contribution in [0.1, 0.15) is 48.0 Å². The smallest absolute Gasteiger partial charge is 0.329 e. The van der Waals surface area contributed by atoms with Gasteiger partial charge in [0.2, 0.25) is 5.91 Å². The molecule has 2 amide bonds. The van der Waals surface area contributed by atoms with E-state index in [0.717, 1.165) is 11.8 Å². The average Bonchev–Trinajstić information content (AvgIpc) is 2.56. The zero-order valence-corrected chi connectivity index (χ0v) is 18.0. The Morgan fingerprint density at radius 1 is 0.889 bits per heavy atom. The van der Waals surface area contributed by atoms with Crippen molar-refractivity contribution in [2.24, 2.45) is 11.8 Å². The number of esters is 2. The van der Waals surface area contributed by atoms with Crippen molar-refractivity contribution in [3.8, 4) is 0 Å². The molecular formula is C18H32N2O6S. The van der Waals surface area contributed by atoms with Crippen LogP contribution in [0.2, 0.25) is 0 Å². The summed E-state index contributed by atoms with van der Waals surface area (Å²) in [5.41, 5.74) is 0. The summed E-state index contributed by atoms with van der Waals surface area (Å²) < 4.78 is 10.5. The average molecular weight is 405 g/mol. The van der Waals surface area contributed by atoms with Crippen LogP contribution in [0.3, 0.4) is 0 Å². The second kappa shape index (κ2) is 12.6. The van der Waals surface area contributed by atoms with Gasteiger partial charge in [-0.25, -0.2) is 9.59 Å². The Labute approximate surface area is 165 Å². The predicted molar refractivity (Wildman–Crippen MR) is 104 cm³/mol. The molecule has 0 aliphatic heterocycles. The third-order valence-corrected chi connectivity index (χ3v) is 4.23. The number of rotatable bonds is 10. The summed E-state index contributed by atoms with van der Waals surface area (Å²) in [7, 11) is 0. The summed E-state index contributed by atoms with van der Waals surface area (Å²) in [6, 6.07) is -1.45. The fourth-order valence-electron chi connectivity index (χ4n) is 2.15. The van der Waals surface area contributed by atoms with Gasteiger partial charge in [-0.3, -0.25) is 9.59 Å². The predicted octanol–water partition coefficient (Wildman–Crippen LogP) is 2.11. The molecule has 0 saturated carbocycles. The monoisotopic (exact) mass is 404 g/mol. The SMILES string of the molecule is CSC(=O)NC(C(=O)OCCC(C)OC(=O)C(NC(C)=O)C(C)C)C(C)C. The second-order valence-electron chi connectivity index (χ2n) is 6.98. The van der Waals surface area contributed by atoms with E-state index in [1.54, 1.807) is 13.2 Å². The summed E-state index contributed by atoms with van der Waals surface area (Å²) in [6.45, 7) is 10.3. The third-order valence-electron chi connectivity index (χ3n) is 3.74.